The van der Waals surface area contributed by atoms with Crippen molar-refractivity contribution < 1.29 is 22.7 Å². The van der Waals surface area contributed by atoms with E-state index >= 15 is 0 Å². The van der Waals surface area contributed by atoms with Gasteiger partial charge in [-0.1, -0.05) is 18.2 Å². The summed E-state index contributed by atoms with van der Waals surface area (Å²) in [5, 5.41) is 2.73. The number of amides is 1. The second-order valence-corrected chi connectivity index (χ2v) is 6.21. The van der Waals surface area contributed by atoms with Crippen LogP contribution in [0.15, 0.2) is 65.8 Å². The minimum Gasteiger partial charge on any atom is -0.405 e. The van der Waals surface area contributed by atoms with Crippen LogP contribution in [0.1, 0.15) is 10.5 Å². The molecule has 2 heterocycles. The number of hydrogen-bond acceptors (Lipinski definition) is 6. The third-order valence-electron chi connectivity index (χ3n) is 4.15. The highest BCUT2D eigenvalue weighted by Gasteiger charge is 2.32. The van der Waals surface area contributed by atoms with Gasteiger partial charge >= 0.3 is 6.36 Å². The van der Waals surface area contributed by atoms with E-state index in [-0.39, 0.29) is 33.7 Å². The van der Waals surface area contributed by atoms with Crippen molar-refractivity contribution in [3.05, 3.63) is 77.1 Å². The van der Waals surface area contributed by atoms with Crippen LogP contribution >= 0.6 is 0 Å². The highest BCUT2D eigenvalue weighted by atomic mass is 19.4. The fraction of sp³-hybridized carbons (Fsp3) is 0.0500. The quantitative estimate of drug-likeness (QED) is 0.516. The molecule has 2 aromatic carbocycles. The molecule has 2 N–H and O–H groups in total. The van der Waals surface area contributed by atoms with Crippen molar-refractivity contribution >= 4 is 22.5 Å². The highest BCUT2D eigenvalue weighted by molar-refractivity contribution is 6.07. The molecule has 0 bridgehead atoms. The van der Waals surface area contributed by atoms with E-state index in [2.05, 4.69) is 30.0 Å². The average molecular weight is 427 g/mol. The first-order valence-electron chi connectivity index (χ1n) is 8.77. The van der Waals surface area contributed by atoms with Gasteiger partial charge in [-0.25, -0.2) is 9.97 Å². The summed E-state index contributed by atoms with van der Waals surface area (Å²) in [5.74, 6) is -1.28. The normalized spacial score (nSPS) is 11.3. The Morgan fingerprint density at radius 2 is 1.87 bits per heavy atom. The molecule has 0 unspecified atom stereocenters. The molecule has 0 aliphatic heterocycles. The van der Waals surface area contributed by atoms with Gasteiger partial charge in [-0.15, -0.1) is 13.2 Å². The lowest BCUT2D eigenvalue weighted by Gasteiger charge is -2.13. The number of hydrogen-bond donors (Lipinski definition) is 2. The standard InChI is InChI=1S/C20H12F3N5O3/c21-20(22,23)31-15-7-2-1-4-11(15)17-27-16-12(18(29)28-17)5-3-6-13(16)26-19(30)14-10-24-8-9-25-14/h1-10H,(H,26,30)(H,27,28,29). The number of rotatable bonds is 4. The van der Waals surface area contributed by atoms with Crippen molar-refractivity contribution in [2.45, 2.75) is 6.36 Å². The Kier molecular flexibility index (Phi) is 5.07. The van der Waals surface area contributed by atoms with Crippen molar-refractivity contribution in [1.82, 2.24) is 19.9 Å². The number of para-hydroxylation sites is 2. The zero-order valence-electron chi connectivity index (χ0n) is 15.5. The highest BCUT2D eigenvalue weighted by Crippen LogP contribution is 2.32. The fourth-order valence-electron chi connectivity index (χ4n) is 2.87. The summed E-state index contributed by atoms with van der Waals surface area (Å²) in [4.78, 5) is 39.5. The zero-order valence-corrected chi connectivity index (χ0v) is 15.5. The van der Waals surface area contributed by atoms with Crippen LogP contribution in [0.2, 0.25) is 0 Å². The lowest BCUT2D eigenvalue weighted by molar-refractivity contribution is -0.274. The molecule has 1 amide bonds. The molecule has 0 radical (unpaired) electrons. The van der Waals surface area contributed by atoms with Gasteiger partial charge in [0.15, 0.2) is 0 Å². The SMILES string of the molecule is O=C(Nc1cccc2c(=O)[nH]c(-c3ccccc3OC(F)(F)F)nc12)c1cnccn1. The minimum absolute atomic E-state index is 0.0356. The molecule has 0 atom stereocenters. The van der Waals surface area contributed by atoms with Crippen LogP contribution in [0.25, 0.3) is 22.3 Å². The predicted molar refractivity (Wildman–Crippen MR) is 104 cm³/mol. The fourth-order valence-corrected chi connectivity index (χ4v) is 2.87. The van der Waals surface area contributed by atoms with Crippen LogP contribution < -0.4 is 15.6 Å². The first kappa shape index (κ1) is 20.0. The number of fused-ring (bicyclic) bond motifs is 1. The predicted octanol–water partition coefficient (Wildman–Crippen LogP) is 3.53. The number of anilines is 1. The molecule has 11 heteroatoms. The summed E-state index contributed by atoms with van der Waals surface area (Å²) in [6.07, 6.45) is -0.918. The Morgan fingerprint density at radius 3 is 2.61 bits per heavy atom. The smallest absolute Gasteiger partial charge is 0.405 e. The third kappa shape index (κ3) is 4.34. The van der Waals surface area contributed by atoms with E-state index in [0.717, 1.165) is 6.07 Å². The van der Waals surface area contributed by atoms with Crippen molar-refractivity contribution in [3.8, 4) is 17.1 Å². The Morgan fingerprint density at radius 1 is 1.06 bits per heavy atom. The van der Waals surface area contributed by atoms with Crippen molar-refractivity contribution in [2.75, 3.05) is 5.32 Å². The van der Waals surface area contributed by atoms with Crippen LogP contribution in [-0.2, 0) is 0 Å². The summed E-state index contributed by atoms with van der Waals surface area (Å²) in [7, 11) is 0. The lowest BCUT2D eigenvalue weighted by Crippen LogP contribution is -2.18. The second kappa shape index (κ2) is 7.86. The Labute approximate surface area is 171 Å². The van der Waals surface area contributed by atoms with Gasteiger partial charge < -0.3 is 15.0 Å². The van der Waals surface area contributed by atoms with Gasteiger partial charge in [0.05, 0.1) is 22.8 Å². The lowest BCUT2D eigenvalue weighted by atomic mass is 10.1. The van der Waals surface area contributed by atoms with E-state index in [4.69, 9.17) is 0 Å². The first-order chi connectivity index (χ1) is 14.8. The molecule has 4 aromatic rings. The molecular formula is C20H12F3N5O3. The van der Waals surface area contributed by atoms with Crippen molar-refractivity contribution in [3.63, 3.8) is 0 Å². The second-order valence-electron chi connectivity index (χ2n) is 6.21. The number of nitrogens with zero attached hydrogens (tertiary/aromatic N) is 3. The molecule has 0 aliphatic rings. The molecule has 0 fully saturated rings. The number of H-pyrrole nitrogens is 1. The van der Waals surface area contributed by atoms with E-state index in [1.165, 1.54) is 55.0 Å². The largest absolute Gasteiger partial charge is 0.573 e. The Bertz CT molecular complexity index is 1320. The Hall–Kier alpha value is -4.28. The van der Waals surface area contributed by atoms with Crippen LogP contribution in [0.5, 0.6) is 5.75 Å². The number of nitrogens with one attached hydrogen (secondary N) is 2. The number of ether oxygens (including phenoxy) is 1. The number of carbonyl (C=O) groups is 1. The molecule has 31 heavy (non-hydrogen) atoms. The summed E-state index contributed by atoms with van der Waals surface area (Å²) >= 11 is 0. The van der Waals surface area contributed by atoms with Gasteiger partial charge in [0.1, 0.15) is 22.8 Å². The summed E-state index contributed by atoms with van der Waals surface area (Å²) < 4.78 is 42.3. The van der Waals surface area contributed by atoms with Crippen LogP contribution in [-0.4, -0.2) is 32.2 Å². The summed E-state index contributed by atoms with van der Waals surface area (Å²) in [6.45, 7) is 0. The van der Waals surface area contributed by atoms with Crippen LogP contribution in [0, 0.1) is 0 Å². The number of halogens is 3. The topological polar surface area (TPSA) is 110 Å². The van der Waals surface area contributed by atoms with E-state index in [1.807, 2.05) is 0 Å². The number of aromatic nitrogens is 4. The van der Waals surface area contributed by atoms with Gasteiger partial charge in [-0.3, -0.25) is 14.6 Å². The van der Waals surface area contributed by atoms with Gasteiger partial charge in [0.2, 0.25) is 0 Å². The minimum atomic E-state index is -4.93. The molecule has 2 aromatic heterocycles. The van der Waals surface area contributed by atoms with Crippen molar-refractivity contribution in [2.24, 2.45) is 0 Å². The molecule has 156 valence electrons. The van der Waals surface area contributed by atoms with Crippen molar-refractivity contribution in [1.29, 1.82) is 0 Å². The zero-order chi connectivity index (χ0) is 22.0. The van der Waals surface area contributed by atoms with Crippen LogP contribution in [0.3, 0.4) is 0 Å². The molecule has 0 spiro atoms. The molecule has 0 saturated carbocycles. The van der Waals surface area contributed by atoms with E-state index in [9.17, 15) is 22.8 Å². The van der Waals surface area contributed by atoms with Gasteiger partial charge in [0.25, 0.3) is 11.5 Å². The third-order valence-corrected chi connectivity index (χ3v) is 4.15. The number of benzene rings is 2. The average Bonchev–Trinajstić information content (AvgIpc) is 2.74. The van der Waals surface area contributed by atoms with Gasteiger partial charge in [-0.2, -0.15) is 0 Å². The molecule has 8 nitrogen and oxygen atoms in total. The Balaban J connectivity index is 1.81. The maximum atomic E-state index is 12.8. The molecule has 4 rings (SSSR count). The molecular weight excluding hydrogens is 415 g/mol. The molecule has 0 saturated heterocycles. The van der Waals surface area contributed by atoms with E-state index in [0.29, 0.717) is 0 Å². The van der Waals surface area contributed by atoms with Crippen LogP contribution in [0.4, 0.5) is 18.9 Å². The number of aromatic amines is 1. The number of carbonyl (C=O) groups excluding carboxylic acids is 1. The number of alkyl halides is 3. The summed E-state index contributed by atoms with van der Waals surface area (Å²) in [6, 6.07) is 9.78. The first-order valence-corrected chi connectivity index (χ1v) is 8.77. The maximum absolute atomic E-state index is 12.8. The summed E-state index contributed by atoms with van der Waals surface area (Å²) in [5.41, 5.74) is -0.380. The van der Waals surface area contributed by atoms with E-state index in [1.54, 1.807) is 0 Å². The van der Waals surface area contributed by atoms with Gasteiger partial charge in [0, 0.05) is 12.4 Å². The van der Waals surface area contributed by atoms with E-state index < -0.39 is 23.6 Å². The monoisotopic (exact) mass is 427 g/mol. The van der Waals surface area contributed by atoms with Gasteiger partial charge in [-0.05, 0) is 24.3 Å². The maximum Gasteiger partial charge on any atom is 0.573 e. The molecule has 0 aliphatic carbocycles.